The number of nitrogens with zero attached hydrogens (tertiary/aromatic N) is 2. The molecule has 8 nitrogen and oxygen atoms in total. The number of sulfonamides is 1. The van der Waals surface area contributed by atoms with E-state index in [1.54, 1.807) is 16.9 Å². The van der Waals surface area contributed by atoms with Gasteiger partial charge in [-0.15, -0.1) is 0 Å². The van der Waals surface area contributed by atoms with Gasteiger partial charge >= 0.3 is 5.51 Å². The van der Waals surface area contributed by atoms with Gasteiger partial charge in [-0.05, 0) is 91.4 Å². The number of alkyl halides is 3. The number of carbonyl (C=O) groups is 1. The van der Waals surface area contributed by atoms with Gasteiger partial charge in [-0.3, -0.25) is 9.69 Å². The van der Waals surface area contributed by atoms with Gasteiger partial charge in [0.2, 0.25) is 0 Å². The minimum Gasteiger partial charge on any atom is -0.369 e. The van der Waals surface area contributed by atoms with Crippen molar-refractivity contribution in [2.45, 2.75) is 41.0 Å². The fraction of sp³-hybridized carbons (Fsp3) is 0.323. The minimum atomic E-state index is -5.77. The number of benzene rings is 3. The lowest BCUT2D eigenvalue weighted by Crippen LogP contribution is -2.47. The Morgan fingerprint density at radius 1 is 0.822 bits per heavy atom. The van der Waals surface area contributed by atoms with Gasteiger partial charge in [-0.1, -0.05) is 35.4 Å². The van der Waals surface area contributed by atoms with E-state index in [-0.39, 0.29) is 5.56 Å². The number of rotatable bonds is 8. The first-order valence-corrected chi connectivity index (χ1v) is 17.6. The van der Waals surface area contributed by atoms with E-state index in [9.17, 15) is 34.8 Å². The quantitative estimate of drug-likeness (QED) is 0.316. The zero-order valence-corrected chi connectivity index (χ0v) is 26.4. The SMILES string of the molecule is O=C(NS(=O)(=O)c1cccc(S(=O)(=O)C(F)(F)F)c1)c1ccc(N2CCN(CC3=C(c4ccc(Cl)cc4)CCCC3)CC2)cc1. The number of sulfone groups is 1. The van der Waals surface area contributed by atoms with Crippen molar-refractivity contribution in [3.63, 3.8) is 0 Å². The maximum atomic E-state index is 12.9. The van der Waals surface area contributed by atoms with Crippen molar-refractivity contribution < 1.29 is 34.8 Å². The van der Waals surface area contributed by atoms with Crippen LogP contribution in [0, 0.1) is 0 Å². The molecular weight excluding hydrogens is 651 g/mol. The number of carbonyl (C=O) groups excluding carboxylic acids is 1. The van der Waals surface area contributed by atoms with Crippen LogP contribution in [0.3, 0.4) is 0 Å². The predicted octanol–water partition coefficient (Wildman–Crippen LogP) is 5.90. The lowest BCUT2D eigenvalue weighted by atomic mass is 9.87. The van der Waals surface area contributed by atoms with Crippen molar-refractivity contribution in [3.05, 3.63) is 94.5 Å². The van der Waals surface area contributed by atoms with Crippen LogP contribution in [0.5, 0.6) is 0 Å². The van der Waals surface area contributed by atoms with Crippen molar-refractivity contribution in [2.24, 2.45) is 0 Å². The van der Waals surface area contributed by atoms with Crippen molar-refractivity contribution >= 4 is 48.6 Å². The highest BCUT2D eigenvalue weighted by Crippen LogP contribution is 2.34. The van der Waals surface area contributed by atoms with Gasteiger partial charge in [-0.2, -0.15) is 13.2 Å². The largest absolute Gasteiger partial charge is 0.501 e. The van der Waals surface area contributed by atoms with Crippen LogP contribution in [-0.4, -0.2) is 65.9 Å². The predicted molar refractivity (Wildman–Crippen MR) is 166 cm³/mol. The molecule has 1 aliphatic carbocycles. The molecule has 240 valence electrons. The van der Waals surface area contributed by atoms with Crippen LogP contribution in [-0.2, 0) is 19.9 Å². The van der Waals surface area contributed by atoms with E-state index in [2.05, 4.69) is 21.9 Å². The van der Waals surface area contributed by atoms with E-state index in [1.165, 1.54) is 41.7 Å². The molecule has 0 radical (unpaired) electrons. The summed E-state index contributed by atoms with van der Waals surface area (Å²) in [5, 5.41) is 0.722. The highest BCUT2D eigenvalue weighted by molar-refractivity contribution is 7.92. The van der Waals surface area contributed by atoms with Gasteiger partial charge in [0.1, 0.15) is 0 Å². The summed E-state index contributed by atoms with van der Waals surface area (Å²) < 4.78 is 89.4. The number of piperazine rings is 1. The second kappa shape index (κ2) is 13.1. The molecule has 1 saturated heterocycles. The molecule has 0 spiro atoms. The molecule has 1 N–H and O–H groups in total. The number of allylic oxidation sites excluding steroid dienone is 1. The van der Waals surface area contributed by atoms with Gasteiger partial charge in [0.15, 0.2) is 0 Å². The third kappa shape index (κ3) is 7.54. The standard InChI is InChI=1S/C31H31ClF3N3O5S2/c32-25-12-8-22(9-13-25)29-7-2-1-4-24(29)21-37-16-18-38(19-17-37)26-14-10-23(11-15-26)30(39)36-45(42,43)28-6-3-5-27(20-28)44(40,41)31(33,34)35/h3,5-6,8-15,20H,1-2,4,7,16-19,21H2,(H,36,39). The van der Waals surface area contributed by atoms with Crippen LogP contribution in [0.15, 0.2) is 88.2 Å². The maximum absolute atomic E-state index is 12.9. The normalized spacial score (nSPS) is 16.9. The molecular formula is C31H31ClF3N3O5S2. The third-order valence-electron chi connectivity index (χ3n) is 8.01. The molecule has 0 atom stereocenters. The summed E-state index contributed by atoms with van der Waals surface area (Å²) in [6.07, 6.45) is 4.49. The Morgan fingerprint density at radius 2 is 1.44 bits per heavy atom. The van der Waals surface area contributed by atoms with Gasteiger partial charge in [0, 0.05) is 49.0 Å². The van der Waals surface area contributed by atoms with Crippen LogP contribution in [0.1, 0.15) is 41.6 Å². The molecule has 5 rings (SSSR count). The maximum Gasteiger partial charge on any atom is 0.501 e. The molecule has 0 aromatic heterocycles. The highest BCUT2D eigenvalue weighted by atomic mass is 35.5. The van der Waals surface area contributed by atoms with Crippen LogP contribution in [0.2, 0.25) is 5.02 Å². The van der Waals surface area contributed by atoms with Crippen LogP contribution < -0.4 is 9.62 Å². The fourth-order valence-corrected chi connectivity index (χ4v) is 7.61. The topological polar surface area (TPSA) is 104 Å². The zero-order chi connectivity index (χ0) is 32.4. The summed E-state index contributed by atoms with van der Waals surface area (Å²) >= 11 is 6.09. The van der Waals surface area contributed by atoms with E-state index < -0.39 is 41.1 Å². The Bertz CT molecular complexity index is 1800. The van der Waals surface area contributed by atoms with Crippen molar-refractivity contribution in [2.75, 3.05) is 37.6 Å². The Labute approximate surface area is 265 Å². The molecule has 2 aliphatic rings. The minimum absolute atomic E-state index is 0.0130. The van der Waals surface area contributed by atoms with Crippen molar-refractivity contribution in [1.82, 2.24) is 9.62 Å². The molecule has 1 aliphatic heterocycles. The summed E-state index contributed by atoms with van der Waals surface area (Å²) in [4.78, 5) is 15.3. The van der Waals surface area contributed by atoms with Crippen LogP contribution in [0.25, 0.3) is 5.57 Å². The highest BCUT2D eigenvalue weighted by Gasteiger charge is 2.47. The number of anilines is 1. The average Bonchev–Trinajstić information content (AvgIpc) is 3.01. The van der Waals surface area contributed by atoms with Crippen LogP contribution >= 0.6 is 11.6 Å². The number of hydrogen-bond donors (Lipinski definition) is 1. The molecule has 1 heterocycles. The lowest BCUT2D eigenvalue weighted by molar-refractivity contribution is -0.0436. The fourth-order valence-electron chi connectivity index (χ4n) is 5.58. The Kier molecular flexibility index (Phi) is 9.64. The molecule has 0 saturated carbocycles. The summed E-state index contributed by atoms with van der Waals surface area (Å²) in [5.41, 5.74) is -0.627. The van der Waals surface area contributed by atoms with Gasteiger partial charge in [-0.25, -0.2) is 21.6 Å². The van der Waals surface area contributed by atoms with Gasteiger partial charge in [0.25, 0.3) is 25.8 Å². The van der Waals surface area contributed by atoms with E-state index in [1.807, 2.05) is 12.1 Å². The summed E-state index contributed by atoms with van der Waals surface area (Å²) in [6, 6.07) is 17.1. The molecule has 3 aromatic rings. The molecule has 45 heavy (non-hydrogen) atoms. The third-order valence-corrected chi connectivity index (χ3v) is 11.1. The average molecular weight is 682 g/mol. The molecule has 0 bridgehead atoms. The Balaban J connectivity index is 1.20. The molecule has 0 unspecified atom stereocenters. The second-order valence-corrected chi connectivity index (χ2v) is 15.0. The van der Waals surface area contributed by atoms with E-state index in [4.69, 9.17) is 11.6 Å². The number of nitrogens with one attached hydrogen (secondary N) is 1. The molecule has 3 aromatic carbocycles. The summed E-state index contributed by atoms with van der Waals surface area (Å²) in [5.74, 6) is -1.01. The summed E-state index contributed by atoms with van der Waals surface area (Å²) in [7, 11) is -10.4. The van der Waals surface area contributed by atoms with Gasteiger partial charge in [0.05, 0.1) is 9.79 Å². The number of amides is 1. The smallest absolute Gasteiger partial charge is 0.369 e. The Morgan fingerprint density at radius 3 is 2.09 bits per heavy atom. The first kappa shape index (κ1) is 33.0. The molecule has 1 amide bonds. The number of halogens is 4. The first-order valence-electron chi connectivity index (χ1n) is 14.3. The first-order chi connectivity index (χ1) is 21.2. The second-order valence-electron chi connectivity index (χ2n) is 11.0. The zero-order valence-electron chi connectivity index (χ0n) is 24.1. The number of hydrogen-bond acceptors (Lipinski definition) is 7. The van der Waals surface area contributed by atoms with E-state index in [0.29, 0.717) is 12.1 Å². The summed E-state index contributed by atoms with van der Waals surface area (Å²) in [6.45, 7) is 4.13. The Hall–Kier alpha value is -3.39. The molecule has 1 fully saturated rings. The van der Waals surface area contributed by atoms with Gasteiger partial charge < -0.3 is 4.90 Å². The lowest BCUT2D eigenvalue weighted by Gasteiger charge is -2.37. The van der Waals surface area contributed by atoms with Crippen LogP contribution in [0.4, 0.5) is 18.9 Å². The van der Waals surface area contributed by atoms with E-state index >= 15 is 0 Å². The van der Waals surface area contributed by atoms with Crippen molar-refractivity contribution in [1.29, 1.82) is 0 Å². The molecule has 14 heteroatoms. The van der Waals surface area contributed by atoms with Crippen molar-refractivity contribution in [3.8, 4) is 0 Å². The van der Waals surface area contributed by atoms with E-state index in [0.717, 1.165) is 68.4 Å². The monoisotopic (exact) mass is 681 g/mol.